The fourth-order valence-corrected chi connectivity index (χ4v) is 3.68. The molecule has 3 rings (SSSR count). The minimum Gasteiger partial charge on any atom is -0.349 e. The maximum atomic E-state index is 12.6. The van der Waals surface area contributed by atoms with Gasteiger partial charge in [-0.15, -0.1) is 0 Å². The van der Waals surface area contributed by atoms with E-state index >= 15 is 0 Å². The Balaban J connectivity index is 1.74. The Morgan fingerprint density at radius 3 is 2.44 bits per heavy atom. The second-order valence-corrected chi connectivity index (χ2v) is 6.88. The van der Waals surface area contributed by atoms with Crippen LogP contribution in [0, 0.1) is 6.92 Å². The van der Waals surface area contributed by atoms with Crippen molar-refractivity contribution in [3.63, 3.8) is 0 Å². The Morgan fingerprint density at radius 1 is 1.16 bits per heavy atom. The Labute approximate surface area is 150 Å². The molecule has 1 saturated heterocycles. The Morgan fingerprint density at radius 2 is 1.84 bits per heavy atom. The number of likely N-dealkylation sites (tertiary alicyclic amines) is 1. The standard InChI is InChI=1S/C20H28N4O/c1-16-19(23(2)15-22-16)20(25)21-14-18(17-10-6-5-7-11-17)24-12-8-3-4-9-13-24/h5-7,10-11,15,18H,3-4,8-9,12-14H2,1-2H3,(H,21,25)/t18-/m0/s1. The molecule has 1 N–H and O–H groups in total. The third-order valence-corrected chi connectivity index (χ3v) is 5.06. The molecule has 1 atom stereocenters. The number of nitrogens with one attached hydrogen (secondary N) is 1. The van der Waals surface area contributed by atoms with Crippen molar-refractivity contribution in [2.45, 2.75) is 38.6 Å². The van der Waals surface area contributed by atoms with Crippen LogP contribution in [-0.4, -0.2) is 40.0 Å². The van der Waals surface area contributed by atoms with Gasteiger partial charge >= 0.3 is 0 Å². The smallest absolute Gasteiger partial charge is 0.269 e. The van der Waals surface area contributed by atoms with E-state index in [1.54, 1.807) is 10.9 Å². The van der Waals surface area contributed by atoms with Crippen LogP contribution >= 0.6 is 0 Å². The number of amides is 1. The molecule has 1 aliphatic rings. The molecule has 0 aliphatic carbocycles. The second-order valence-electron chi connectivity index (χ2n) is 6.88. The molecular weight excluding hydrogens is 312 g/mol. The number of aromatic nitrogens is 2. The third-order valence-electron chi connectivity index (χ3n) is 5.06. The van der Waals surface area contributed by atoms with Crippen molar-refractivity contribution in [2.24, 2.45) is 7.05 Å². The molecule has 134 valence electrons. The van der Waals surface area contributed by atoms with Gasteiger partial charge in [0.05, 0.1) is 18.1 Å². The fourth-order valence-electron chi connectivity index (χ4n) is 3.68. The topological polar surface area (TPSA) is 50.2 Å². The van der Waals surface area contributed by atoms with Gasteiger partial charge < -0.3 is 9.88 Å². The zero-order valence-electron chi connectivity index (χ0n) is 15.2. The first kappa shape index (κ1) is 17.7. The number of carbonyl (C=O) groups excluding carboxylic acids is 1. The van der Waals surface area contributed by atoms with Crippen LogP contribution < -0.4 is 5.32 Å². The molecule has 5 heteroatoms. The molecule has 0 radical (unpaired) electrons. The van der Waals surface area contributed by atoms with Crippen LogP contribution in [-0.2, 0) is 7.05 Å². The van der Waals surface area contributed by atoms with Gasteiger partial charge in [0.15, 0.2) is 0 Å². The lowest BCUT2D eigenvalue weighted by molar-refractivity contribution is 0.0924. The summed E-state index contributed by atoms with van der Waals surface area (Å²) in [5, 5.41) is 3.14. The molecule has 5 nitrogen and oxygen atoms in total. The van der Waals surface area contributed by atoms with E-state index < -0.39 is 0 Å². The molecule has 0 unspecified atom stereocenters. The van der Waals surface area contributed by atoms with Crippen LogP contribution in [0.2, 0.25) is 0 Å². The number of rotatable bonds is 5. The molecule has 1 aliphatic heterocycles. The summed E-state index contributed by atoms with van der Waals surface area (Å²) >= 11 is 0. The predicted molar refractivity (Wildman–Crippen MR) is 99.5 cm³/mol. The monoisotopic (exact) mass is 340 g/mol. The van der Waals surface area contributed by atoms with Crippen molar-refractivity contribution in [3.8, 4) is 0 Å². The van der Waals surface area contributed by atoms with Crippen molar-refractivity contribution in [1.29, 1.82) is 0 Å². The predicted octanol–water partition coefficient (Wildman–Crippen LogP) is 3.08. The zero-order chi connectivity index (χ0) is 17.6. The van der Waals surface area contributed by atoms with Crippen molar-refractivity contribution < 1.29 is 4.79 Å². The second kappa shape index (κ2) is 8.30. The zero-order valence-corrected chi connectivity index (χ0v) is 15.2. The van der Waals surface area contributed by atoms with Gasteiger partial charge in [-0.2, -0.15) is 0 Å². The lowest BCUT2D eigenvalue weighted by Crippen LogP contribution is -2.39. The summed E-state index contributed by atoms with van der Waals surface area (Å²) in [5.74, 6) is -0.0479. The Hall–Kier alpha value is -2.14. The van der Waals surface area contributed by atoms with Gasteiger partial charge in [-0.1, -0.05) is 43.2 Å². The highest BCUT2D eigenvalue weighted by Crippen LogP contribution is 2.23. The molecule has 0 spiro atoms. The number of aryl methyl sites for hydroxylation is 2. The molecule has 25 heavy (non-hydrogen) atoms. The first-order valence-corrected chi connectivity index (χ1v) is 9.22. The van der Waals surface area contributed by atoms with Gasteiger partial charge in [-0.3, -0.25) is 9.69 Å². The highest BCUT2D eigenvalue weighted by Gasteiger charge is 2.23. The Kier molecular flexibility index (Phi) is 5.87. The van der Waals surface area contributed by atoms with E-state index in [4.69, 9.17) is 0 Å². The average Bonchev–Trinajstić information content (AvgIpc) is 2.81. The van der Waals surface area contributed by atoms with Gasteiger partial charge in [0, 0.05) is 13.6 Å². The number of nitrogens with zero attached hydrogens (tertiary/aromatic N) is 3. The minimum absolute atomic E-state index is 0.0479. The lowest BCUT2D eigenvalue weighted by atomic mass is 10.0. The lowest BCUT2D eigenvalue weighted by Gasteiger charge is -2.31. The summed E-state index contributed by atoms with van der Waals surface area (Å²) in [5.41, 5.74) is 2.68. The third kappa shape index (κ3) is 4.28. The van der Waals surface area contributed by atoms with Gasteiger partial charge in [0.2, 0.25) is 0 Å². The van der Waals surface area contributed by atoms with E-state index in [1.165, 1.54) is 31.2 Å². The fraction of sp³-hybridized carbons (Fsp3) is 0.500. The van der Waals surface area contributed by atoms with E-state index in [2.05, 4.69) is 39.5 Å². The van der Waals surface area contributed by atoms with Crippen LogP contribution in [0.5, 0.6) is 0 Å². The normalized spacial score (nSPS) is 17.0. The van der Waals surface area contributed by atoms with Gasteiger partial charge in [-0.25, -0.2) is 4.98 Å². The summed E-state index contributed by atoms with van der Waals surface area (Å²) in [6, 6.07) is 10.7. The number of benzene rings is 1. The molecule has 1 amide bonds. The number of hydrogen-bond acceptors (Lipinski definition) is 3. The van der Waals surface area contributed by atoms with E-state index in [9.17, 15) is 4.79 Å². The van der Waals surface area contributed by atoms with Crippen molar-refractivity contribution in [1.82, 2.24) is 19.8 Å². The highest BCUT2D eigenvalue weighted by molar-refractivity contribution is 5.93. The van der Waals surface area contributed by atoms with Crippen LogP contribution in [0.3, 0.4) is 0 Å². The first-order valence-electron chi connectivity index (χ1n) is 9.22. The number of carbonyl (C=O) groups is 1. The molecule has 2 heterocycles. The molecule has 0 saturated carbocycles. The molecular formula is C20H28N4O. The maximum absolute atomic E-state index is 12.6. The summed E-state index contributed by atoms with van der Waals surface area (Å²) in [6.07, 6.45) is 6.77. The first-order chi connectivity index (χ1) is 12.2. The summed E-state index contributed by atoms with van der Waals surface area (Å²) in [7, 11) is 1.86. The van der Waals surface area contributed by atoms with Crippen LogP contribution in [0.1, 0.15) is 53.5 Å². The van der Waals surface area contributed by atoms with Crippen LogP contribution in [0.25, 0.3) is 0 Å². The van der Waals surface area contributed by atoms with Gasteiger partial charge in [-0.05, 0) is 38.4 Å². The minimum atomic E-state index is -0.0479. The molecule has 1 aromatic heterocycles. The van der Waals surface area contributed by atoms with E-state index in [1.807, 2.05) is 20.0 Å². The molecule has 0 bridgehead atoms. The molecule has 2 aromatic rings. The van der Waals surface area contributed by atoms with E-state index in [0.717, 1.165) is 18.8 Å². The van der Waals surface area contributed by atoms with Gasteiger partial charge in [0.1, 0.15) is 5.69 Å². The maximum Gasteiger partial charge on any atom is 0.269 e. The van der Waals surface area contributed by atoms with Crippen molar-refractivity contribution in [2.75, 3.05) is 19.6 Å². The molecule has 1 aromatic carbocycles. The average molecular weight is 340 g/mol. The highest BCUT2D eigenvalue weighted by atomic mass is 16.2. The van der Waals surface area contributed by atoms with Crippen LogP contribution in [0.4, 0.5) is 0 Å². The van der Waals surface area contributed by atoms with Crippen LogP contribution in [0.15, 0.2) is 36.7 Å². The van der Waals surface area contributed by atoms with E-state index in [0.29, 0.717) is 12.2 Å². The quantitative estimate of drug-likeness (QED) is 0.910. The summed E-state index contributed by atoms with van der Waals surface area (Å²) < 4.78 is 1.79. The Bertz CT molecular complexity index is 667. The molecule has 1 fully saturated rings. The summed E-state index contributed by atoms with van der Waals surface area (Å²) in [4.78, 5) is 19.4. The van der Waals surface area contributed by atoms with Gasteiger partial charge in [0.25, 0.3) is 5.91 Å². The van der Waals surface area contributed by atoms with E-state index in [-0.39, 0.29) is 11.9 Å². The number of imidazole rings is 1. The summed E-state index contributed by atoms with van der Waals surface area (Å²) in [6.45, 7) is 4.69. The SMILES string of the molecule is Cc1ncn(C)c1C(=O)NC[C@@H](c1ccccc1)N1CCCCCC1. The largest absolute Gasteiger partial charge is 0.349 e. The number of hydrogen-bond donors (Lipinski definition) is 1. The van der Waals surface area contributed by atoms with Crippen molar-refractivity contribution in [3.05, 3.63) is 53.6 Å². The van der Waals surface area contributed by atoms with Crippen molar-refractivity contribution >= 4 is 5.91 Å².